The highest BCUT2D eigenvalue weighted by atomic mass is 79.9. The first-order valence-corrected chi connectivity index (χ1v) is 13.3. The summed E-state index contributed by atoms with van der Waals surface area (Å²) in [7, 11) is -3.75. The van der Waals surface area contributed by atoms with Gasteiger partial charge in [-0.2, -0.15) is 0 Å². The molecule has 8 nitrogen and oxygen atoms in total. The maximum atomic E-state index is 12.8. The zero-order valence-corrected chi connectivity index (χ0v) is 21.7. The van der Waals surface area contributed by atoms with E-state index in [2.05, 4.69) is 36.3 Å². The van der Waals surface area contributed by atoms with Gasteiger partial charge in [0.05, 0.1) is 17.1 Å². The fourth-order valence-electron chi connectivity index (χ4n) is 2.56. The van der Waals surface area contributed by atoms with Crippen molar-refractivity contribution in [3.63, 3.8) is 0 Å². The van der Waals surface area contributed by atoms with Gasteiger partial charge >= 0.3 is 0 Å². The molecule has 33 heavy (non-hydrogen) atoms. The molecule has 0 aliphatic rings. The van der Waals surface area contributed by atoms with Gasteiger partial charge in [0.2, 0.25) is 0 Å². The molecule has 0 saturated carbocycles. The largest absolute Gasteiger partial charge is 0.492 e. The Kier molecular flexibility index (Phi) is 8.40. The summed E-state index contributed by atoms with van der Waals surface area (Å²) in [5.41, 5.74) is 0.850. The van der Waals surface area contributed by atoms with Gasteiger partial charge in [-0.1, -0.05) is 29.8 Å². The third-order valence-corrected chi connectivity index (χ3v) is 6.93. The Hall–Kier alpha value is -2.54. The summed E-state index contributed by atoms with van der Waals surface area (Å²) < 4.78 is 33.7. The minimum Gasteiger partial charge on any atom is -0.492 e. The maximum Gasteiger partial charge on any atom is 0.263 e. The molecular formula is C21H21BrN4O4S3. The molecule has 0 radical (unpaired) electrons. The van der Waals surface area contributed by atoms with Gasteiger partial charge in [-0.25, -0.2) is 13.4 Å². The molecule has 12 heteroatoms. The number of carbonyl (C=O) groups is 1. The number of amides is 1. The first kappa shape index (κ1) is 25.1. The Morgan fingerprint density at radius 2 is 1.94 bits per heavy atom. The lowest BCUT2D eigenvalue weighted by atomic mass is 10.2. The van der Waals surface area contributed by atoms with Gasteiger partial charge in [0.15, 0.2) is 10.2 Å². The van der Waals surface area contributed by atoms with Gasteiger partial charge < -0.3 is 10.1 Å². The van der Waals surface area contributed by atoms with E-state index in [4.69, 9.17) is 17.0 Å². The fraction of sp³-hybridized carbons (Fsp3) is 0.190. The monoisotopic (exact) mass is 568 g/mol. The number of sulfonamides is 1. The summed E-state index contributed by atoms with van der Waals surface area (Å²) in [5.74, 6) is 0.324. The Morgan fingerprint density at radius 3 is 2.58 bits per heavy atom. The van der Waals surface area contributed by atoms with Gasteiger partial charge in [0.1, 0.15) is 5.75 Å². The van der Waals surface area contributed by atoms with E-state index in [1.54, 1.807) is 35.7 Å². The summed E-state index contributed by atoms with van der Waals surface area (Å²) in [4.78, 5) is 16.8. The van der Waals surface area contributed by atoms with Crippen molar-refractivity contribution >= 4 is 71.3 Å². The molecule has 0 aliphatic heterocycles. The van der Waals surface area contributed by atoms with E-state index >= 15 is 0 Å². The van der Waals surface area contributed by atoms with Crippen molar-refractivity contribution in [2.45, 2.75) is 18.7 Å². The van der Waals surface area contributed by atoms with Crippen molar-refractivity contribution in [1.29, 1.82) is 0 Å². The van der Waals surface area contributed by atoms with Crippen LogP contribution in [0.15, 0.2) is 63.4 Å². The highest BCUT2D eigenvalue weighted by Crippen LogP contribution is 2.24. The van der Waals surface area contributed by atoms with Crippen molar-refractivity contribution in [2.24, 2.45) is 5.92 Å². The van der Waals surface area contributed by atoms with Crippen molar-refractivity contribution in [1.82, 2.24) is 10.3 Å². The first-order valence-electron chi connectivity index (χ1n) is 9.71. The highest BCUT2D eigenvalue weighted by molar-refractivity contribution is 9.10. The van der Waals surface area contributed by atoms with Crippen LogP contribution >= 0.6 is 39.5 Å². The zero-order valence-electron chi connectivity index (χ0n) is 17.7. The van der Waals surface area contributed by atoms with Crippen molar-refractivity contribution in [2.75, 3.05) is 16.6 Å². The van der Waals surface area contributed by atoms with E-state index in [0.29, 0.717) is 29.5 Å². The number of ether oxygens (including phenoxy) is 1. The molecule has 2 aromatic carbocycles. The highest BCUT2D eigenvalue weighted by Gasteiger charge is 2.17. The SMILES string of the molecule is CC(C)COc1ccc(Br)cc1C(=O)NC(=S)Nc1ccc(S(=O)(=O)Nc2nccs2)cc1. The molecule has 0 atom stereocenters. The van der Waals surface area contributed by atoms with E-state index < -0.39 is 15.9 Å². The van der Waals surface area contributed by atoms with E-state index in [9.17, 15) is 13.2 Å². The summed E-state index contributed by atoms with van der Waals surface area (Å²) in [6.07, 6.45) is 1.51. The first-order chi connectivity index (χ1) is 15.6. The number of hydrogen-bond donors (Lipinski definition) is 3. The molecule has 3 aromatic rings. The summed E-state index contributed by atoms with van der Waals surface area (Å²) in [6.45, 7) is 4.50. The lowest BCUT2D eigenvalue weighted by molar-refractivity contribution is 0.0973. The Bertz CT molecular complexity index is 1230. The van der Waals surface area contributed by atoms with Crippen LogP contribution in [-0.2, 0) is 10.0 Å². The average molecular weight is 570 g/mol. The second-order valence-corrected chi connectivity index (χ2v) is 11.1. The van der Waals surface area contributed by atoms with Crippen LogP contribution in [0.2, 0.25) is 0 Å². The zero-order chi connectivity index (χ0) is 24.0. The molecule has 0 aliphatic carbocycles. The van der Waals surface area contributed by atoms with Gasteiger partial charge in [-0.15, -0.1) is 11.3 Å². The minimum absolute atomic E-state index is 0.0614. The second kappa shape index (κ2) is 11.1. The lowest BCUT2D eigenvalue weighted by Crippen LogP contribution is -2.34. The Morgan fingerprint density at radius 1 is 1.21 bits per heavy atom. The minimum atomic E-state index is -3.75. The molecule has 3 rings (SSSR count). The topological polar surface area (TPSA) is 109 Å². The fourth-order valence-corrected chi connectivity index (χ4v) is 4.92. The predicted octanol–water partition coefficient (Wildman–Crippen LogP) is 4.87. The standard InChI is InChI=1S/C21H21BrN4O4S3/c1-13(2)12-30-18-8-3-14(22)11-17(18)19(27)25-20(31)24-15-4-6-16(7-5-15)33(28,29)26-21-23-9-10-32-21/h3-11,13H,12H2,1-2H3,(H,23,26)(H2,24,25,27,31). The number of carbonyl (C=O) groups excluding carboxylic acids is 1. The number of thiocarbonyl (C=S) groups is 1. The van der Waals surface area contributed by atoms with Gasteiger partial charge in [-0.05, 0) is 60.6 Å². The van der Waals surface area contributed by atoms with Crippen molar-refractivity contribution in [3.05, 3.63) is 64.1 Å². The third kappa shape index (κ3) is 7.22. The smallest absolute Gasteiger partial charge is 0.263 e. The van der Waals surface area contributed by atoms with Gasteiger partial charge in [-0.3, -0.25) is 14.8 Å². The van der Waals surface area contributed by atoms with E-state index in [1.165, 1.54) is 29.7 Å². The molecular weight excluding hydrogens is 548 g/mol. The van der Waals surface area contributed by atoms with Crippen LogP contribution in [0.1, 0.15) is 24.2 Å². The molecule has 3 N–H and O–H groups in total. The van der Waals surface area contributed by atoms with Crippen LogP contribution in [0.4, 0.5) is 10.8 Å². The van der Waals surface area contributed by atoms with Crippen LogP contribution in [0, 0.1) is 5.92 Å². The van der Waals surface area contributed by atoms with Crippen LogP contribution in [0.5, 0.6) is 5.75 Å². The van der Waals surface area contributed by atoms with Crippen LogP contribution in [-0.4, -0.2) is 31.0 Å². The molecule has 1 amide bonds. The molecule has 0 spiro atoms. The van der Waals surface area contributed by atoms with Crippen molar-refractivity contribution < 1.29 is 17.9 Å². The molecule has 0 fully saturated rings. The van der Waals surface area contributed by atoms with Crippen LogP contribution in [0.25, 0.3) is 0 Å². The second-order valence-electron chi connectivity index (χ2n) is 7.22. The molecule has 0 unspecified atom stereocenters. The molecule has 1 aromatic heterocycles. The molecule has 0 bridgehead atoms. The number of aromatic nitrogens is 1. The number of halogens is 1. The number of thiazole rings is 1. The van der Waals surface area contributed by atoms with Gasteiger partial charge in [0.25, 0.3) is 15.9 Å². The quantitative estimate of drug-likeness (QED) is 0.332. The molecule has 1 heterocycles. The maximum absolute atomic E-state index is 12.8. The van der Waals surface area contributed by atoms with E-state index in [0.717, 1.165) is 4.47 Å². The lowest BCUT2D eigenvalue weighted by Gasteiger charge is -2.15. The number of nitrogens with zero attached hydrogens (tertiary/aromatic N) is 1. The number of hydrogen-bond acceptors (Lipinski definition) is 7. The van der Waals surface area contributed by atoms with Crippen molar-refractivity contribution in [3.8, 4) is 5.75 Å². The Labute approximate surface area is 210 Å². The number of benzene rings is 2. The number of rotatable bonds is 8. The Balaban J connectivity index is 1.64. The normalized spacial score (nSPS) is 11.2. The molecule has 174 valence electrons. The summed E-state index contributed by atoms with van der Waals surface area (Å²) >= 11 is 9.79. The number of anilines is 2. The van der Waals surface area contributed by atoms with Crippen LogP contribution in [0.3, 0.4) is 0 Å². The average Bonchev–Trinajstić information content (AvgIpc) is 3.25. The van der Waals surface area contributed by atoms with E-state index in [-0.39, 0.29) is 15.1 Å². The molecule has 0 saturated heterocycles. The number of nitrogens with one attached hydrogen (secondary N) is 3. The van der Waals surface area contributed by atoms with Crippen LogP contribution < -0.4 is 20.1 Å². The summed E-state index contributed by atoms with van der Waals surface area (Å²) in [5, 5.41) is 7.51. The third-order valence-electron chi connectivity index (χ3n) is 4.06. The predicted molar refractivity (Wildman–Crippen MR) is 138 cm³/mol. The van der Waals surface area contributed by atoms with E-state index in [1.807, 2.05) is 13.8 Å². The van der Waals surface area contributed by atoms with Gasteiger partial charge in [0, 0.05) is 21.7 Å². The summed E-state index contributed by atoms with van der Waals surface area (Å²) in [6, 6.07) is 11.1.